The molecule has 112 valence electrons. The molecule has 3 heteroatoms. The van der Waals surface area contributed by atoms with E-state index in [1.54, 1.807) is 0 Å². The number of hydrogen-bond acceptors (Lipinski definition) is 3. The predicted molar refractivity (Wildman–Crippen MR) is 88.9 cm³/mol. The quantitative estimate of drug-likeness (QED) is 0.825. The first kappa shape index (κ1) is 15.2. The number of anilines is 2. The normalized spacial score (nSPS) is 16.1. The van der Waals surface area contributed by atoms with Gasteiger partial charge in [-0.3, -0.25) is 0 Å². The van der Waals surface area contributed by atoms with Crippen LogP contribution in [0.4, 0.5) is 11.4 Å². The summed E-state index contributed by atoms with van der Waals surface area (Å²) in [5.74, 6) is 0. The van der Waals surface area contributed by atoms with Gasteiger partial charge < -0.3 is 15.1 Å². The molecule has 1 aliphatic heterocycles. The van der Waals surface area contributed by atoms with E-state index in [4.69, 9.17) is 0 Å². The first-order valence-electron chi connectivity index (χ1n) is 8.04. The molecule has 0 saturated carbocycles. The molecule has 20 heavy (non-hydrogen) atoms. The predicted octanol–water partition coefficient (Wildman–Crippen LogP) is 3.11. The fourth-order valence-corrected chi connectivity index (χ4v) is 3.07. The fourth-order valence-electron chi connectivity index (χ4n) is 3.07. The zero-order valence-electron chi connectivity index (χ0n) is 13.2. The average molecular weight is 275 g/mol. The summed E-state index contributed by atoms with van der Waals surface area (Å²) in [4.78, 5) is 4.91. The van der Waals surface area contributed by atoms with Crippen molar-refractivity contribution in [3.63, 3.8) is 0 Å². The number of benzene rings is 1. The first-order valence-corrected chi connectivity index (χ1v) is 8.04. The molecule has 1 atom stereocenters. The monoisotopic (exact) mass is 275 g/mol. The van der Waals surface area contributed by atoms with Gasteiger partial charge in [0.05, 0.1) is 11.4 Å². The maximum atomic E-state index is 3.57. The standard InChI is InChI=1S/C17H29N3/c1-4-15(18-5-2)9-8-12-20-14-13-19(3)16-10-6-7-11-17(16)20/h6-7,10-11,15,18H,4-5,8-9,12-14H2,1-3H3. The maximum absolute atomic E-state index is 3.57. The van der Waals surface area contributed by atoms with Crippen LogP contribution in [0.2, 0.25) is 0 Å². The van der Waals surface area contributed by atoms with Gasteiger partial charge >= 0.3 is 0 Å². The van der Waals surface area contributed by atoms with Gasteiger partial charge in [0.2, 0.25) is 0 Å². The average Bonchev–Trinajstić information content (AvgIpc) is 2.49. The molecule has 0 saturated heterocycles. The molecule has 1 N–H and O–H groups in total. The third kappa shape index (κ3) is 3.66. The summed E-state index contributed by atoms with van der Waals surface area (Å²) in [5.41, 5.74) is 2.77. The summed E-state index contributed by atoms with van der Waals surface area (Å²) in [7, 11) is 2.19. The third-order valence-corrected chi connectivity index (χ3v) is 4.31. The molecule has 0 aliphatic carbocycles. The first-order chi connectivity index (χ1) is 9.76. The Kier molecular flexibility index (Phi) is 5.72. The number of nitrogens with one attached hydrogen (secondary N) is 1. The van der Waals surface area contributed by atoms with Crippen LogP contribution in [0, 0.1) is 0 Å². The third-order valence-electron chi connectivity index (χ3n) is 4.31. The van der Waals surface area contributed by atoms with Crippen molar-refractivity contribution in [1.29, 1.82) is 0 Å². The lowest BCUT2D eigenvalue weighted by atomic mass is 10.1. The summed E-state index contributed by atoms with van der Waals surface area (Å²) < 4.78 is 0. The lowest BCUT2D eigenvalue weighted by molar-refractivity contribution is 0.465. The minimum absolute atomic E-state index is 0.683. The maximum Gasteiger partial charge on any atom is 0.0604 e. The second-order valence-electron chi connectivity index (χ2n) is 5.70. The van der Waals surface area contributed by atoms with Crippen LogP contribution in [0.15, 0.2) is 24.3 Å². The Labute approximate surface area is 124 Å². The van der Waals surface area contributed by atoms with E-state index < -0.39 is 0 Å². The summed E-state index contributed by atoms with van der Waals surface area (Å²) >= 11 is 0. The summed E-state index contributed by atoms with van der Waals surface area (Å²) in [6.07, 6.45) is 3.77. The highest BCUT2D eigenvalue weighted by Gasteiger charge is 2.19. The Balaban J connectivity index is 1.89. The number of para-hydroxylation sites is 2. The highest BCUT2D eigenvalue weighted by molar-refractivity contribution is 5.72. The van der Waals surface area contributed by atoms with E-state index in [1.807, 2.05) is 0 Å². The largest absolute Gasteiger partial charge is 0.371 e. The minimum atomic E-state index is 0.683. The molecule has 0 spiro atoms. The number of nitrogens with zero attached hydrogens (tertiary/aromatic N) is 2. The van der Waals surface area contributed by atoms with Crippen molar-refractivity contribution in [3.05, 3.63) is 24.3 Å². The molecule has 1 aromatic rings. The fraction of sp³-hybridized carbons (Fsp3) is 0.647. The zero-order valence-corrected chi connectivity index (χ0v) is 13.2. The van der Waals surface area contributed by atoms with Gasteiger partial charge in [-0.2, -0.15) is 0 Å². The van der Waals surface area contributed by atoms with E-state index in [0.717, 1.165) is 19.6 Å². The molecule has 0 amide bonds. The SMILES string of the molecule is CCNC(CC)CCCN1CCN(C)c2ccccc21. The van der Waals surface area contributed by atoms with Crippen LogP contribution in [-0.4, -0.2) is 39.3 Å². The molecular weight excluding hydrogens is 246 g/mol. The van der Waals surface area contributed by atoms with E-state index >= 15 is 0 Å². The minimum Gasteiger partial charge on any atom is -0.371 e. The van der Waals surface area contributed by atoms with Crippen LogP contribution in [0.5, 0.6) is 0 Å². The molecule has 1 unspecified atom stereocenters. The van der Waals surface area contributed by atoms with Gasteiger partial charge in [-0.15, -0.1) is 0 Å². The molecule has 0 radical (unpaired) electrons. The van der Waals surface area contributed by atoms with Crippen molar-refractivity contribution in [1.82, 2.24) is 5.32 Å². The summed E-state index contributed by atoms with van der Waals surface area (Å²) in [6.45, 7) is 8.99. The van der Waals surface area contributed by atoms with Crippen molar-refractivity contribution in [2.24, 2.45) is 0 Å². The number of hydrogen-bond donors (Lipinski definition) is 1. The Morgan fingerprint density at radius 3 is 2.60 bits per heavy atom. The van der Waals surface area contributed by atoms with Crippen molar-refractivity contribution in [3.8, 4) is 0 Å². The summed E-state index contributed by atoms with van der Waals surface area (Å²) in [5, 5.41) is 3.57. The van der Waals surface area contributed by atoms with E-state index in [0.29, 0.717) is 6.04 Å². The Hall–Kier alpha value is -1.22. The van der Waals surface area contributed by atoms with Gasteiger partial charge in [0, 0.05) is 32.7 Å². The van der Waals surface area contributed by atoms with Crippen LogP contribution in [0.25, 0.3) is 0 Å². The van der Waals surface area contributed by atoms with Gasteiger partial charge in [0.25, 0.3) is 0 Å². The van der Waals surface area contributed by atoms with Crippen LogP contribution in [0.3, 0.4) is 0 Å². The Morgan fingerprint density at radius 1 is 1.15 bits per heavy atom. The highest BCUT2D eigenvalue weighted by atomic mass is 15.2. The van der Waals surface area contributed by atoms with E-state index in [-0.39, 0.29) is 0 Å². The molecule has 2 rings (SSSR count). The molecule has 1 heterocycles. The van der Waals surface area contributed by atoms with Gasteiger partial charge in [0.1, 0.15) is 0 Å². The lowest BCUT2D eigenvalue weighted by Crippen LogP contribution is -2.40. The second-order valence-corrected chi connectivity index (χ2v) is 5.70. The molecule has 0 aromatic heterocycles. The number of fused-ring (bicyclic) bond motifs is 1. The zero-order chi connectivity index (χ0) is 14.4. The van der Waals surface area contributed by atoms with E-state index in [9.17, 15) is 0 Å². The van der Waals surface area contributed by atoms with Crippen molar-refractivity contribution < 1.29 is 0 Å². The smallest absolute Gasteiger partial charge is 0.0604 e. The molecule has 0 fully saturated rings. The van der Waals surface area contributed by atoms with Gasteiger partial charge in [-0.1, -0.05) is 26.0 Å². The number of likely N-dealkylation sites (N-methyl/N-ethyl adjacent to an activating group) is 1. The lowest BCUT2D eigenvalue weighted by Gasteiger charge is -2.37. The van der Waals surface area contributed by atoms with Crippen molar-refractivity contribution in [2.45, 2.75) is 39.2 Å². The molecule has 1 aliphatic rings. The van der Waals surface area contributed by atoms with Gasteiger partial charge in [0.15, 0.2) is 0 Å². The van der Waals surface area contributed by atoms with Crippen LogP contribution < -0.4 is 15.1 Å². The van der Waals surface area contributed by atoms with Crippen LogP contribution >= 0.6 is 0 Å². The van der Waals surface area contributed by atoms with Crippen molar-refractivity contribution >= 4 is 11.4 Å². The Bertz CT molecular complexity index is 405. The second kappa shape index (κ2) is 7.53. The number of rotatable bonds is 7. The molecule has 3 nitrogen and oxygen atoms in total. The van der Waals surface area contributed by atoms with Gasteiger partial charge in [-0.25, -0.2) is 0 Å². The van der Waals surface area contributed by atoms with Gasteiger partial charge in [-0.05, 0) is 37.9 Å². The highest BCUT2D eigenvalue weighted by Crippen LogP contribution is 2.31. The van der Waals surface area contributed by atoms with E-state index in [2.05, 4.69) is 60.3 Å². The van der Waals surface area contributed by atoms with Crippen molar-refractivity contribution in [2.75, 3.05) is 43.0 Å². The summed E-state index contributed by atoms with van der Waals surface area (Å²) in [6, 6.07) is 9.46. The van der Waals surface area contributed by atoms with E-state index in [1.165, 1.54) is 37.2 Å². The Morgan fingerprint density at radius 2 is 1.90 bits per heavy atom. The topological polar surface area (TPSA) is 18.5 Å². The van der Waals surface area contributed by atoms with Crippen LogP contribution in [-0.2, 0) is 0 Å². The molecule has 0 bridgehead atoms. The van der Waals surface area contributed by atoms with Crippen LogP contribution in [0.1, 0.15) is 33.1 Å². The molecular formula is C17H29N3. The molecule has 1 aromatic carbocycles.